The predicted octanol–water partition coefficient (Wildman–Crippen LogP) is 1.30. The molecule has 0 bridgehead atoms. The molecular formula is C14H10NO3-. The van der Waals surface area contributed by atoms with Gasteiger partial charge in [-0.1, -0.05) is 30.3 Å². The number of anilines is 1. The highest BCUT2D eigenvalue weighted by atomic mass is 16.4. The van der Waals surface area contributed by atoms with E-state index in [1.165, 1.54) is 24.3 Å². The van der Waals surface area contributed by atoms with Crippen LogP contribution in [0, 0.1) is 0 Å². The van der Waals surface area contributed by atoms with Crippen LogP contribution in [-0.2, 0) is 0 Å². The smallest absolute Gasteiger partial charge is 0.255 e. The van der Waals surface area contributed by atoms with Crippen LogP contribution in [0.25, 0.3) is 0 Å². The lowest BCUT2D eigenvalue weighted by molar-refractivity contribution is -0.255. The number of carboxylic acid groups (broad SMARTS) is 1. The van der Waals surface area contributed by atoms with E-state index in [0.717, 1.165) is 0 Å². The van der Waals surface area contributed by atoms with Gasteiger partial charge in [-0.15, -0.1) is 0 Å². The molecule has 2 aromatic carbocycles. The van der Waals surface area contributed by atoms with E-state index in [1.54, 1.807) is 12.1 Å². The van der Waals surface area contributed by atoms with Gasteiger partial charge >= 0.3 is 0 Å². The van der Waals surface area contributed by atoms with Crippen LogP contribution in [0.4, 0.5) is 5.69 Å². The normalized spacial score (nSPS) is 9.78. The lowest BCUT2D eigenvalue weighted by Crippen LogP contribution is -2.22. The van der Waals surface area contributed by atoms with Crippen LogP contribution in [0.3, 0.4) is 0 Å². The van der Waals surface area contributed by atoms with Gasteiger partial charge in [0.05, 0.1) is 5.97 Å². The van der Waals surface area contributed by atoms with Gasteiger partial charge in [0.1, 0.15) is 0 Å². The summed E-state index contributed by atoms with van der Waals surface area (Å²) in [6.07, 6.45) is 0. The van der Waals surface area contributed by atoms with Crippen LogP contribution < -0.4 is 10.4 Å². The Morgan fingerprint density at radius 2 is 1.39 bits per heavy atom. The summed E-state index contributed by atoms with van der Waals surface area (Å²) in [5.74, 6) is -1.55. The molecule has 0 unspecified atom stereocenters. The molecule has 1 N–H and O–H groups in total. The van der Waals surface area contributed by atoms with Crippen molar-refractivity contribution in [1.82, 2.24) is 0 Å². The van der Waals surface area contributed by atoms with Gasteiger partial charge < -0.3 is 15.2 Å². The van der Waals surface area contributed by atoms with E-state index in [4.69, 9.17) is 0 Å². The van der Waals surface area contributed by atoms with Crippen molar-refractivity contribution in [2.24, 2.45) is 0 Å². The molecule has 90 valence electrons. The molecule has 0 fully saturated rings. The molecule has 0 aliphatic rings. The van der Waals surface area contributed by atoms with Gasteiger partial charge in [0.15, 0.2) is 0 Å². The third-order valence-electron chi connectivity index (χ3n) is 2.41. The fraction of sp³-hybridized carbons (Fsp3) is 0. The molecule has 0 spiro atoms. The third-order valence-corrected chi connectivity index (χ3v) is 2.41. The summed E-state index contributed by atoms with van der Waals surface area (Å²) in [6.45, 7) is 0. The minimum Gasteiger partial charge on any atom is -0.545 e. The van der Waals surface area contributed by atoms with Gasteiger partial charge in [0, 0.05) is 11.3 Å². The highest BCUT2D eigenvalue weighted by Gasteiger charge is 2.05. The first-order valence-corrected chi connectivity index (χ1v) is 5.34. The largest absolute Gasteiger partial charge is 0.545 e. The Bertz CT molecular complexity index is 561. The van der Waals surface area contributed by atoms with Crippen molar-refractivity contribution in [3.63, 3.8) is 0 Å². The molecule has 2 aromatic rings. The van der Waals surface area contributed by atoms with E-state index in [9.17, 15) is 14.7 Å². The summed E-state index contributed by atoms with van der Waals surface area (Å²) in [4.78, 5) is 22.4. The van der Waals surface area contributed by atoms with Crippen molar-refractivity contribution in [2.75, 3.05) is 5.32 Å². The highest BCUT2D eigenvalue weighted by molar-refractivity contribution is 6.04. The molecule has 0 aliphatic carbocycles. The molecule has 2 rings (SSSR count). The monoisotopic (exact) mass is 240 g/mol. The zero-order chi connectivity index (χ0) is 13.0. The Morgan fingerprint density at radius 1 is 0.833 bits per heavy atom. The van der Waals surface area contributed by atoms with E-state index >= 15 is 0 Å². The van der Waals surface area contributed by atoms with Gasteiger partial charge in [-0.3, -0.25) is 4.79 Å². The minimum atomic E-state index is -1.26. The molecule has 0 radical (unpaired) electrons. The van der Waals surface area contributed by atoms with Crippen molar-refractivity contribution in [3.05, 3.63) is 65.7 Å². The Morgan fingerprint density at radius 3 is 1.94 bits per heavy atom. The Balaban J connectivity index is 2.12. The second-order valence-electron chi connectivity index (χ2n) is 3.68. The average Bonchev–Trinajstić information content (AvgIpc) is 2.40. The fourth-order valence-corrected chi connectivity index (χ4v) is 1.48. The number of carbonyl (C=O) groups excluding carboxylic acids is 2. The number of hydrogen-bond acceptors (Lipinski definition) is 3. The maximum atomic E-state index is 11.8. The number of benzene rings is 2. The number of amides is 1. The lowest BCUT2D eigenvalue weighted by atomic mass is 10.1. The van der Waals surface area contributed by atoms with E-state index in [0.29, 0.717) is 11.3 Å². The molecule has 0 atom stereocenters. The molecule has 4 heteroatoms. The number of nitrogens with one attached hydrogen (secondary N) is 1. The van der Waals surface area contributed by atoms with Gasteiger partial charge in [-0.2, -0.15) is 0 Å². The number of carboxylic acids is 1. The van der Waals surface area contributed by atoms with Crippen molar-refractivity contribution in [1.29, 1.82) is 0 Å². The number of hydrogen-bond donors (Lipinski definition) is 1. The quantitative estimate of drug-likeness (QED) is 0.879. The van der Waals surface area contributed by atoms with E-state index < -0.39 is 5.97 Å². The first-order chi connectivity index (χ1) is 8.66. The van der Waals surface area contributed by atoms with Crippen molar-refractivity contribution in [2.45, 2.75) is 0 Å². The molecule has 18 heavy (non-hydrogen) atoms. The Hall–Kier alpha value is -2.62. The molecular weight excluding hydrogens is 230 g/mol. The van der Waals surface area contributed by atoms with Crippen LogP contribution in [0.5, 0.6) is 0 Å². The van der Waals surface area contributed by atoms with Crippen molar-refractivity contribution >= 4 is 17.6 Å². The van der Waals surface area contributed by atoms with Crippen LogP contribution in [0.2, 0.25) is 0 Å². The molecule has 0 heterocycles. The zero-order valence-electron chi connectivity index (χ0n) is 9.42. The molecule has 0 aliphatic heterocycles. The second-order valence-corrected chi connectivity index (χ2v) is 3.68. The standard InChI is InChI=1S/C14H11NO3/c16-13(15-12-4-2-1-3-5-12)10-6-8-11(9-7-10)14(17)18/h1-9H,(H,15,16)(H,17,18)/p-1. The maximum absolute atomic E-state index is 11.8. The topological polar surface area (TPSA) is 69.2 Å². The van der Waals surface area contributed by atoms with Gasteiger partial charge in [0.2, 0.25) is 0 Å². The third kappa shape index (κ3) is 2.74. The summed E-state index contributed by atoms with van der Waals surface area (Å²) < 4.78 is 0. The van der Waals surface area contributed by atoms with Gasteiger partial charge in [0.25, 0.3) is 5.91 Å². The fourth-order valence-electron chi connectivity index (χ4n) is 1.48. The first-order valence-electron chi connectivity index (χ1n) is 5.34. The van der Waals surface area contributed by atoms with Crippen LogP contribution in [-0.4, -0.2) is 11.9 Å². The summed E-state index contributed by atoms with van der Waals surface area (Å²) in [5.41, 5.74) is 1.13. The maximum Gasteiger partial charge on any atom is 0.255 e. The van der Waals surface area contributed by atoms with Gasteiger partial charge in [-0.05, 0) is 29.8 Å². The van der Waals surface area contributed by atoms with Gasteiger partial charge in [-0.25, -0.2) is 0 Å². The molecule has 4 nitrogen and oxygen atoms in total. The lowest BCUT2D eigenvalue weighted by Gasteiger charge is -2.06. The average molecular weight is 240 g/mol. The van der Waals surface area contributed by atoms with Crippen molar-refractivity contribution < 1.29 is 14.7 Å². The molecule has 1 amide bonds. The summed E-state index contributed by atoms with van der Waals surface area (Å²) in [6, 6.07) is 14.6. The summed E-state index contributed by atoms with van der Waals surface area (Å²) in [5, 5.41) is 13.3. The number of carbonyl (C=O) groups is 2. The Labute approximate surface area is 104 Å². The van der Waals surface area contributed by atoms with E-state index in [-0.39, 0.29) is 11.5 Å². The van der Waals surface area contributed by atoms with E-state index in [1.807, 2.05) is 18.2 Å². The number of rotatable bonds is 3. The van der Waals surface area contributed by atoms with Crippen LogP contribution in [0.1, 0.15) is 20.7 Å². The molecule has 0 saturated carbocycles. The second kappa shape index (κ2) is 5.14. The SMILES string of the molecule is O=C([O-])c1ccc(C(=O)Nc2ccccc2)cc1. The van der Waals surface area contributed by atoms with E-state index in [2.05, 4.69) is 5.32 Å². The Kier molecular flexibility index (Phi) is 3.38. The number of aromatic carboxylic acids is 1. The van der Waals surface area contributed by atoms with Crippen molar-refractivity contribution in [3.8, 4) is 0 Å². The summed E-state index contributed by atoms with van der Waals surface area (Å²) in [7, 11) is 0. The summed E-state index contributed by atoms with van der Waals surface area (Å²) >= 11 is 0. The molecule has 0 saturated heterocycles. The van der Waals surface area contributed by atoms with Crippen LogP contribution in [0.15, 0.2) is 54.6 Å². The predicted molar refractivity (Wildman–Crippen MR) is 65.2 cm³/mol. The number of para-hydroxylation sites is 1. The minimum absolute atomic E-state index is 0.0475. The van der Waals surface area contributed by atoms with Crippen LogP contribution >= 0.6 is 0 Å². The first kappa shape index (κ1) is 11.9. The zero-order valence-corrected chi connectivity index (χ0v) is 9.42. The molecule has 0 aromatic heterocycles. The highest BCUT2D eigenvalue weighted by Crippen LogP contribution is 2.09.